The lowest BCUT2D eigenvalue weighted by Crippen LogP contribution is -2.62. The normalized spacial score (nSPS) is 15.0. The number of aliphatic carboxylic acids is 2. The van der Waals surface area contributed by atoms with E-state index in [0.29, 0.717) is 91.5 Å². The second-order valence-electron chi connectivity index (χ2n) is 29.2. The number of nitrogens with zero attached hydrogens (tertiary/aromatic N) is 5. The minimum absolute atomic E-state index is 0.0294. The van der Waals surface area contributed by atoms with Crippen LogP contribution in [0.1, 0.15) is 147 Å². The molecule has 9 atom stereocenters. The van der Waals surface area contributed by atoms with Crippen molar-refractivity contribution < 1.29 is 90.0 Å². The standard InChI is InChI=1S/C81H109N17O19S/c1-7-50(6)70(76(108)91-63(43-55-46-84-48-88-55)77(109)98-39-19-23-65(98)74(106)92-64(78(110)111)41-51-20-12-10-13-21-51)94-73(105)62(40-52-25-32-58(99)33-26-52)90-75(107)69(49(4)5)93-72(104)61(89-71(103)60(82)45-68(101)102)22-18-37-86-80(83)95-81(113)87-36-16-15-35-85-67(100)24-14-11-17-38-97-47-59(118(114,115)116)34-31-56(97)29-28-54-42-53-27-30-57(96(8-2)9-3)44-66(53)117-79(54)112/h10,12-13,20-21,25-34,42,44,46-50,60-65,69-70H,7-9,11,14-19,22-24,35-41,43,45,82H2,1-6H3,(H15-,83,84,85,86,87,88,89,90,91,92,93,94,95,99,100,101,102,103,104,105,106,107,108,110,111,113,114,115,116)/t50-,60-,61-,62-,63-,64-,65-,69-,70-/m0/s1. The number of carbonyl (C=O) groups excluding carboxylic acids is 9. The van der Waals surface area contributed by atoms with Crippen molar-refractivity contribution in [3.05, 3.63) is 148 Å². The maximum Gasteiger partial charge on any atom is 0.344 e. The summed E-state index contributed by atoms with van der Waals surface area (Å²) in [7, 11) is -4.79. The van der Waals surface area contributed by atoms with Gasteiger partial charge in [-0.3, -0.25) is 43.2 Å². The molecular formula is C81H109N17O19S. The van der Waals surface area contributed by atoms with Gasteiger partial charge in [0.05, 0.1) is 24.4 Å². The molecule has 10 amide bonds. The van der Waals surface area contributed by atoms with Crippen molar-refractivity contribution in [3.63, 3.8) is 0 Å². The average Bonchev–Trinajstić information content (AvgIpc) is 1.31. The number of carbonyl (C=O) groups is 11. The van der Waals surface area contributed by atoms with E-state index in [0.717, 1.165) is 18.8 Å². The number of nitrogens with one attached hydrogen (secondary N) is 10. The number of imidazole rings is 1. The number of nitrogens with two attached hydrogens (primary N) is 2. The van der Waals surface area contributed by atoms with Gasteiger partial charge in [0.1, 0.15) is 75.2 Å². The van der Waals surface area contributed by atoms with Gasteiger partial charge in [-0.2, -0.15) is 9.56 Å². The number of unbranched alkanes of at least 4 members (excludes halogenated alkanes) is 3. The number of aromatic nitrogens is 3. The topological polar surface area (TPSA) is 548 Å². The third-order valence-corrected chi connectivity index (χ3v) is 20.9. The maximum atomic E-state index is 14.8. The molecule has 17 N–H and O–H groups in total. The lowest BCUT2D eigenvalue weighted by atomic mass is 9.96. The fourth-order valence-corrected chi connectivity index (χ4v) is 13.7. The summed E-state index contributed by atoms with van der Waals surface area (Å²) in [6.45, 7) is 13.0. The number of pyridine rings is 1. The second-order valence-corrected chi connectivity index (χ2v) is 30.6. The van der Waals surface area contributed by atoms with Crippen LogP contribution in [0, 0.1) is 11.8 Å². The number of hydrogen-bond donors (Lipinski definition) is 15. The van der Waals surface area contributed by atoms with E-state index in [1.807, 2.05) is 32.0 Å². The fourth-order valence-electron chi connectivity index (χ4n) is 13.2. The number of carboxylic acids is 2. The highest BCUT2D eigenvalue weighted by atomic mass is 32.2. The number of amides is 10. The second kappa shape index (κ2) is 46.0. The number of guanidine groups is 1. The zero-order valence-corrected chi connectivity index (χ0v) is 67.9. The molecule has 4 heterocycles. The van der Waals surface area contributed by atoms with Gasteiger partial charge in [-0.25, -0.2) is 27.8 Å². The number of phenolic OH excluding ortho intramolecular Hbond substituents is 1. The number of carboxylic acid groups (broad SMARTS) is 2. The van der Waals surface area contributed by atoms with Crippen molar-refractivity contribution in [2.24, 2.45) is 28.3 Å². The van der Waals surface area contributed by atoms with Crippen molar-refractivity contribution in [3.8, 4) is 5.75 Å². The number of benzene rings is 3. The number of aromatic hydroxyl groups is 1. The first-order chi connectivity index (χ1) is 56.2. The lowest BCUT2D eigenvalue weighted by Gasteiger charge is -2.32. The molecule has 0 saturated carbocycles. The van der Waals surface area contributed by atoms with Gasteiger partial charge in [-0.15, -0.1) is 0 Å². The summed E-state index contributed by atoms with van der Waals surface area (Å²) in [4.78, 5) is 177. The number of aliphatic imine (C=N–C) groups is 1. The highest BCUT2D eigenvalue weighted by Crippen LogP contribution is 2.25. The fraction of sp³-hybridized carbons (Fsp3) is 0.469. The van der Waals surface area contributed by atoms with E-state index in [-0.39, 0.29) is 87.8 Å². The Morgan fingerprint density at radius 1 is 0.720 bits per heavy atom. The number of likely N-dealkylation sites (tertiary alicyclic amines) is 1. The quantitative estimate of drug-likeness (QED) is 0.00652. The van der Waals surface area contributed by atoms with Crippen LogP contribution in [-0.4, -0.2) is 202 Å². The highest BCUT2D eigenvalue weighted by molar-refractivity contribution is 7.85. The smallest absolute Gasteiger partial charge is 0.344 e. The van der Waals surface area contributed by atoms with Crippen LogP contribution in [0.25, 0.3) is 23.1 Å². The summed E-state index contributed by atoms with van der Waals surface area (Å²) in [5, 5.41) is 54.5. The Bertz CT molecular complexity index is 4680. The van der Waals surface area contributed by atoms with Crippen molar-refractivity contribution in [2.75, 3.05) is 44.2 Å². The first-order valence-electron chi connectivity index (χ1n) is 39.5. The molecular weight excluding hydrogens is 1550 g/mol. The zero-order valence-electron chi connectivity index (χ0n) is 67.0. The third kappa shape index (κ3) is 29.3. The van der Waals surface area contributed by atoms with Crippen LogP contribution in [0.3, 0.4) is 0 Å². The van der Waals surface area contributed by atoms with Gasteiger partial charge >= 0.3 is 23.6 Å². The Hall–Kier alpha value is -12.1. The third-order valence-electron chi connectivity index (χ3n) is 20.1. The summed E-state index contributed by atoms with van der Waals surface area (Å²) in [5.41, 5.74) is 15.0. The molecule has 0 radical (unpaired) electrons. The predicted octanol–water partition coefficient (Wildman–Crippen LogP) is 2.50. The molecule has 7 rings (SSSR count). The molecule has 3 aromatic carbocycles. The van der Waals surface area contributed by atoms with Crippen molar-refractivity contribution in [1.82, 2.24) is 62.7 Å². The summed E-state index contributed by atoms with van der Waals surface area (Å²) in [6, 6.07) is 12.4. The van der Waals surface area contributed by atoms with E-state index >= 15 is 0 Å². The molecule has 0 spiro atoms. The van der Waals surface area contributed by atoms with Crippen LogP contribution in [0.4, 0.5) is 10.5 Å². The maximum absolute atomic E-state index is 14.8. The number of rotatable bonds is 46. The summed E-state index contributed by atoms with van der Waals surface area (Å²) >= 11 is 0. The largest absolute Gasteiger partial charge is 0.744 e. The number of hydrogen-bond acceptors (Lipinski definition) is 20. The van der Waals surface area contributed by atoms with Crippen LogP contribution < -0.4 is 74.4 Å². The van der Waals surface area contributed by atoms with Gasteiger partial charge in [0.15, 0.2) is 12.2 Å². The van der Waals surface area contributed by atoms with Crippen LogP contribution in [0.5, 0.6) is 5.75 Å². The molecule has 0 unspecified atom stereocenters. The lowest BCUT2D eigenvalue weighted by molar-refractivity contribution is -0.700. The molecule has 6 aromatic rings. The van der Waals surface area contributed by atoms with Crippen molar-refractivity contribution >= 4 is 110 Å². The first-order valence-corrected chi connectivity index (χ1v) is 40.9. The van der Waals surface area contributed by atoms with E-state index in [2.05, 4.69) is 67.7 Å². The Morgan fingerprint density at radius 3 is 2.03 bits per heavy atom. The van der Waals surface area contributed by atoms with Crippen LogP contribution in [-0.2, 0) is 83.9 Å². The summed E-state index contributed by atoms with van der Waals surface area (Å²) in [5.74, 6) is -10.6. The highest BCUT2D eigenvalue weighted by Gasteiger charge is 2.41. The van der Waals surface area contributed by atoms with Crippen LogP contribution in [0.15, 0.2) is 129 Å². The van der Waals surface area contributed by atoms with Crippen molar-refractivity contribution in [1.29, 1.82) is 0 Å². The number of H-pyrrole nitrogens is 1. The minimum atomic E-state index is -4.79. The molecule has 36 nitrogen and oxygen atoms in total. The van der Waals surface area contributed by atoms with Gasteiger partial charge < -0.3 is 98.4 Å². The van der Waals surface area contributed by atoms with Crippen LogP contribution >= 0.6 is 0 Å². The molecule has 3 aromatic heterocycles. The predicted molar refractivity (Wildman–Crippen MR) is 435 cm³/mol. The molecule has 1 aliphatic heterocycles. The van der Waals surface area contributed by atoms with E-state index in [1.54, 1.807) is 80.8 Å². The Balaban J connectivity index is 0.901. The van der Waals surface area contributed by atoms with Gasteiger partial charge in [0.2, 0.25) is 53.0 Å². The van der Waals surface area contributed by atoms with E-state index in [9.17, 15) is 85.8 Å². The Kier molecular flexibility index (Phi) is 36.3. The number of aromatic amines is 1. The van der Waals surface area contributed by atoms with E-state index < -0.39 is 147 Å². The molecule has 0 bridgehead atoms. The Labute approximate surface area is 683 Å². The number of urea groups is 1. The van der Waals surface area contributed by atoms with Gasteiger partial charge in [-0.05, 0) is 131 Å². The minimum Gasteiger partial charge on any atom is -0.744 e. The molecule has 1 aliphatic rings. The summed E-state index contributed by atoms with van der Waals surface area (Å²) < 4.78 is 43.2. The van der Waals surface area contributed by atoms with Crippen molar-refractivity contribution in [2.45, 2.75) is 198 Å². The average molecular weight is 1660 g/mol. The van der Waals surface area contributed by atoms with Crippen LogP contribution in [0.2, 0.25) is 0 Å². The molecule has 1 fully saturated rings. The number of fused-ring (bicyclic) bond motifs is 1. The number of aryl methyl sites for hydroxylation is 1. The molecule has 638 valence electrons. The van der Waals surface area contributed by atoms with Gasteiger partial charge in [0.25, 0.3) is 0 Å². The van der Waals surface area contributed by atoms with E-state index in [1.165, 1.54) is 60.0 Å². The summed E-state index contributed by atoms with van der Waals surface area (Å²) in [6.07, 6.45) is 9.43. The van der Waals surface area contributed by atoms with E-state index in [4.69, 9.17) is 15.9 Å². The SMILES string of the molecule is CC[C@H](C)[C@H](NC(=O)[C@H](Cc1ccc(O)cc1)NC(=O)[C@@H](NC(=O)[C@H](CCCNC(N)=NC(=O)NCCCCNC(=O)CCCCC[n+]1cc(S(=O)(=O)[O-])ccc1/C=C/c1cc2ccc(N(CC)CC)cc2oc1=O)NC(=O)[C@@H](N)CC(=O)O)C(C)C)C(=O)N[C@@H](Cc1cnc[nH]1)C(=O)N1CCC[C@H]1C(=O)N[C@@H](Cc1ccccc1)C(=O)O. The van der Waals surface area contributed by atoms with Gasteiger partial charge in [-0.1, -0.05) is 76.6 Å². The number of anilines is 1. The number of phenols is 1. The molecule has 118 heavy (non-hydrogen) atoms. The molecule has 1 saturated heterocycles. The zero-order chi connectivity index (χ0) is 86.2. The molecule has 0 aliphatic carbocycles. The Morgan fingerprint density at radius 2 is 1.37 bits per heavy atom. The molecule has 37 heteroatoms. The first kappa shape index (κ1) is 93.0. The van der Waals surface area contributed by atoms with Gasteiger partial charge in [0, 0.05) is 113 Å². The monoisotopic (exact) mass is 1660 g/mol.